The summed E-state index contributed by atoms with van der Waals surface area (Å²) in [5.74, 6) is 0. The zero-order chi connectivity index (χ0) is 23.2. The summed E-state index contributed by atoms with van der Waals surface area (Å²) < 4.78 is 78.7. The maximum absolute atomic E-state index is 13.0. The fourth-order valence-corrected chi connectivity index (χ4v) is 4.22. The average molecular weight is 454 g/mol. The van der Waals surface area contributed by atoms with Gasteiger partial charge in [-0.1, -0.05) is 0 Å². The molecule has 2 aromatic heterocycles. The van der Waals surface area contributed by atoms with Crippen molar-refractivity contribution in [3.63, 3.8) is 0 Å². The third-order valence-corrected chi connectivity index (χ3v) is 5.75. The Kier molecular flexibility index (Phi) is 5.82. The standard InChI is InChI=1S/C18H20F6N4O3/c1-26-13-12(27(10-25-13)9-18(22,23)24)14(30)28(15(26)31)11-8-16(11,5-3-7-29)4-2-6-17(19,20)21/h7,10-11H,2-6,8-9H2,1H3. The Labute approximate surface area is 171 Å². The second-order valence-electron chi connectivity index (χ2n) is 7.93. The van der Waals surface area contributed by atoms with Gasteiger partial charge in [-0.2, -0.15) is 26.3 Å². The molecule has 13 heteroatoms. The van der Waals surface area contributed by atoms with Crippen LogP contribution in [0.15, 0.2) is 15.9 Å². The minimum absolute atomic E-state index is 0.0282. The van der Waals surface area contributed by atoms with Crippen molar-refractivity contribution in [2.75, 3.05) is 0 Å². The average Bonchev–Trinajstić information content (AvgIpc) is 3.16. The van der Waals surface area contributed by atoms with Crippen molar-refractivity contribution >= 4 is 17.5 Å². The molecule has 3 rings (SSSR count). The van der Waals surface area contributed by atoms with E-state index < -0.39 is 53.5 Å². The Morgan fingerprint density at radius 2 is 1.84 bits per heavy atom. The van der Waals surface area contributed by atoms with Crippen molar-refractivity contribution < 1.29 is 31.1 Å². The van der Waals surface area contributed by atoms with Crippen molar-refractivity contribution in [2.24, 2.45) is 12.5 Å². The molecule has 1 fully saturated rings. The lowest BCUT2D eigenvalue weighted by Crippen LogP contribution is -2.40. The second kappa shape index (κ2) is 7.83. The highest BCUT2D eigenvalue weighted by Crippen LogP contribution is 2.61. The van der Waals surface area contributed by atoms with Gasteiger partial charge in [-0.3, -0.25) is 13.9 Å². The summed E-state index contributed by atoms with van der Waals surface area (Å²) in [6, 6.07) is -0.800. The van der Waals surface area contributed by atoms with Crippen molar-refractivity contribution in [1.82, 2.24) is 18.7 Å². The highest BCUT2D eigenvalue weighted by Gasteiger charge is 2.55. The highest BCUT2D eigenvalue weighted by molar-refractivity contribution is 5.70. The molecule has 0 spiro atoms. The Hall–Kier alpha value is -2.60. The van der Waals surface area contributed by atoms with Crippen LogP contribution in [0, 0.1) is 5.41 Å². The van der Waals surface area contributed by atoms with Gasteiger partial charge in [0.15, 0.2) is 11.2 Å². The number of carbonyl (C=O) groups is 1. The smallest absolute Gasteiger partial charge is 0.316 e. The molecule has 0 aliphatic heterocycles. The molecule has 2 heterocycles. The number of fused-ring (bicyclic) bond motifs is 1. The molecule has 7 nitrogen and oxygen atoms in total. The summed E-state index contributed by atoms with van der Waals surface area (Å²) in [4.78, 5) is 40.4. The molecule has 0 aromatic carbocycles. The topological polar surface area (TPSA) is 78.9 Å². The van der Waals surface area contributed by atoms with Gasteiger partial charge in [-0.15, -0.1) is 0 Å². The fraction of sp³-hybridized carbons (Fsp3) is 0.667. The number of rotatable bonds is 8. The molecule has 31 heavy (non-hydrogen) atoms. The van der Waals surface area contributed by atoms with Gasteiger partial charge >= 0.3 is 18.0 Å². The van der Waals surface area contributed by atoms with Gasteiger partial charge in [0.25, 0.3) is 5.56 Å². The molecule has 0 amide bonds. The maximum Gasteiger partial charge on any atom is 0.406 e. The van der Waals surface area contributed by atoms with Gasteiger partial charge in [0.1, 0.15) is 12.8 Å². The number of hydrogen-bond donors (Lipinski definition) is 0. The summed E-state index contributed by atoms with van der Waals surface area (Å²) in [6.45, 7) is -1.48. The molecule has 2 atom stereocenters. The minimum atomic E-state index is -4.63. The lowest BCUT2D eigenvalue weighted by atomic mass is 9.92. The molecular formula is C18H20F6N4O3. The van der Waals surface area contributed by atoms with Crippen LogP contribution in [-0.2, 0) is 18.4 Å². The van der Waals surface area contributed by atoms with Crippen LogP contribution in [0.5, 0.6) is 0 Å². The maximum atomic E-state index is 13.0. The first kappa shape index (κ1) is 23.1. The van der Waals surface area contributed by atoms with Gasteiger partial charge < -0.3 is 9.36 Å². The summed E-state index contributed by atoms with van der Waals surface area (Å²) in [5.41, 5.74) is -3.29. The summed E-state index contributed by atoms with van der Waals surface area (Å²) in [5, 5.41) is 0. The zero-order valence-corrected chi connectivity index (χ0v) is 16.5. The van der Waals surface area contributed by atoms with Crippen LogP contribution in [0.3, 0.4) is 0 Å². The molecule has 0 radical (unpaired) electrons. The fourth-order valence-electron chi connectivity index (χ4n) is 4.22. The van der Waals surface area contributed by atoms with Gasteiger partial charge in [-0.25, -0.2) is 9.78 Å². The number of aldehydes is 1. The Morgan fingerprint density at radius 3 is 2.42 bits per heavy atom. The van der Waals surface area contributed by atoms with Crippen LogP contribution >= 0.6 is 0 Å². The summed E-state index contributed by atoms with van der Waals surface area (Å²) >= 11 is 0. The molecule has 172 valence electrons. The number of aromatic nitrogens is 4. The van der Waals surface area contributed by atoms with Crippen LogP contribution in [0.2, 0.25) is 0 Å². The third kappa shape index (κ3) is 4.69. The van der Waals surface area contributed by atoms with E-state index in [1.54, 1.807) is 0 Å². The monoisotopic (exact) mass is 454 g/mol. The van der Waals surface area contributed by atoms with Crippen LogP contribution in [0.25, 0.3) is 11.2 Å². The number of nitrogens with zero attached hydrogens (tertiary/aromatic N) is 4. The Morgan fingerprint density at radius 1 is 1.16 bits per heavy atom. The van der Waals surface area contributed by atoms with Gasteiger partial charge in [0.2, 0.25) is 0 Å². The molecule has 0 N–H and O–H groups in total. The van der Waals surface area contributed by atoms with E-state index in [0.717, 1.165) is 15.5 Å². The quantitative estimate of drug-likeness (QED) is 0.454. The first-order valence-corrected chi connectivity index (χ1v) is 9.53. The van der Waals surface area contributed by atoms with Crippen LogP contribution in [0.1, 0.15) is 44.6 Å². The number of carbonyl (C=O) groups excluding carboxylic acids is 1. The van der Waals surface area contributed by atoms with E-state index in [9.17, 15) is 40.7 Å². The van der Waals surface area contributed by atoms with Crippen molar-refractivity contribution in [3.8, 4) is 0 Å². The Balaban J connectivity index is 2.03. The number of hydrogen-bond acceptors (Lipinski definition) is 4. The third-order valence-electron chi connectivity index (χ3n) is 5.75. The van der Waals surface area contributed by atoms with E-state index in [2.05, 4.69) is 4.98 Å². The lowest BCUT2D eigenvalue weighted by molar-refractivity contribution is -0.140. The van der Waals surface area contributed by atoms with E-state index in [4.69, 9.17) is 0 Å². The molecule has 1 aliphatic carbocycles. The van der Waals surface area contributed by atoms with Crippen LogP contribution < -0.4 is 11.2 Å². The molecule has 0 saturated heterocycles. The SMILES string of the molecule is Cn1c(=O)n(C2CC2(CCC=O)CCCC(F)(F)F)c(=O)c2c1ncn2CC(F)(F)F. The van der Waals surface area contributed by atoms with Gasteiger partial charge in [0, 0.05) is 25.9 Å². The van der Waals surface area contributed by atoms with Crippen molar-refractivity contribution in [1.29, 1.82) is 0 Å². The largest absolute Gasteiger partial charge is 0.406 e. The van der Waals surface area contributed by atoms with Crippen LogP contribution in [0.4, 0.5) is 26.3 Å². The zero-order valence-electron chi connectivity index (χ0n) is 16.5. The molecule has 0 bridgehead atoms. The Bertz CT molecular complexity index is 1100. The molecule has 2 unspecified atom stereocenters. The summed E-state index contributed by atoms with van der Waals surface area (Å²) in [7, 11) is 1.25. The number of alkyl halides is 6. The first-order valence-electron chi connectivity index (χ1n) is 9.53. The number of aryl methyl sites for hydroxylation is 1. The second-order valence-corrected chi connectivity index (χ2v) is 7.93. The lowest BCUT2D eigenvalue weighted by Gasteiger charge is -2.18. The van der Waals surface area contributed by atoms with E-state index in [-0.39, 0.29) is 37.8 Å². The van der Waals surface area contributed by atoms with E-state index in [1.165, 1.54) is 7.05 Å². The first-order chi connectivity index (χ1) is 14.3. The van der Waals surface area contributed by atoms with Gasteiger partial charge in [-0.05, 0) is 31.1 Å². The van der Waals surface area contributed by atoms with E-state index >= 15 is 0 Å². The van der Waals surface area contributed by atoms with Crippen molar-refractivity contribution in [3.05, 3.63) is 27.2 Å². The number of halogens is 6. The van der Waals surface area contributed by atoms with Crippen molar-refractivity contribution in [2.45, 2.75) is 63.5 Å². The van der Waals surface area contributed by atoms with Gasteiger partial charge in [0.05, 0.1) is 6.33 Å². The molecule has 1 aliphatic rings. The minimum Gasteiger partial charge on any atom is -0.316 e. The summed E-state index contributed by atoms with van der Waals surface area (Å²) in [6.07, 6.45) is -8.46. The predicted octanol–water partition coefficient (Wildman–Crippen LogP) is 3.10. The molecule has 1 saturated carbocycles. The highest BCUT2D eigenvalue weighted by atomic mass is 19.4. The molecular weight excluding hydrogens is 434 g/mol. The van der Waals surface area contributed by atoms with E-state index in [0.29, 0.717) is 10.9 Å². The normalized spacial score (nSPS) is 21.6. The predicted molar refractivity (Wildman–Crippen MR) is 96.6 cm³/mol. The van der Waals surface area contributed by atoms with E-state index in [1.807, 2.05) is 0 Å². The number of imidazole rings is 1. The van der Waals surface area contributed by atoms with Crippen LogP contribution in [-0.4, -0.2) is 37.3 Å². The molecule has 2 aromatic rings.